The summed E-state index contributed by atoms with van der Waals surface area (Å²) in [6.07, 6.45) is 1.75. The lowest BCUT2D eigenvalue weighted by Crippen LogP contribution is -2.31. The molecule has 7 rings (SSSR count). The molecule has 0 N–H and O–H groups in total. The van der Waals surface area contributed by atoms with E-state index in [9.17, 15) is 4.79 Å². The summed E-state index contributed by atoms with van der Waals surface area (Å²) in [5, 5.41) is 0. The van der Waals surface area contributed by atoms with Crippen molar-refractivity contribution in [3.05, 3.63) is 80.0 Å². The number of benzene rings is 3. The van der Waals surface area contributed by atoms with Crippen LogP contribution in [0.25, 0.3) is 6.08 Å². The lowest BCUT2D eigenvalue weighted by molar-refractivity contribution is -0.0165. The third-order valence-corrected chi connectivity index (χ3v) is 7.28. The van der Waals surface area contributed by atoms with E-state index >= 15 is 0 Å². The Bertz CT molecular complexity index is 1500. The third-order valence-electron chi connectivity index (χ3n) is 6.82. The van der Waals surface area contributed by atoms with Gasteiger partial charge in [0.1, 0.15) is 24.0 Å². The highest BCUT2D eigenvalue weighted by molar-refractivity contribution is 9.10. The number of fused-ring (bicyclic) bond motifs is 5. The predicted octanol–water partition coefficient (Wildman–Crippen LogP) is 5.32. The molecule has 0 radical (unpaired) electrons. The Morgan fingerprint density at radius 1 is 0.973 bits per heavy atom. The lowest BCUT2D eigenvalue weighted by atomic mass is 9.98. The molecule has 4 heterocycles. The van der Waals surface area contributed by atoms with E-state index in [4.69, 9.17) is 28.4 Å². The van der Waals surface area contributed by atoms with Gasteiger partial charge in [-0.2, -0.15) is 0 Å². The molecule has 0 aromatic heterocycles. The quantitative estimate of drug-likeness (QED) is 0.396. The molecule has 0 saturated heterocycles. The molecule has 37 heavy (non-hydrogen) atoms. The van der Waals surface area contributed by atoms with Gasteiger partial charge in [-0.3, -0.25) is 9.69 Å². The SMILES string of the molecule is Cc1cc2c(c3c1C(=O)/C(=C/c1cc(Br)cc4c1OCOC4)O3)CN(Cc1ccc3c(c1)OCO3)CO2. The molecule has 3 aromatic rings. The Balaban J connectivity index is 1.20. The summed E-state index contributed by atoms with van der Waals surface area (Å²) in [4.78, 5) is 15.6. The summed E-state index contributed by atoms with van der Waals surface area (Å²) in [6, 6.07) is 11.7. The van der Waals surface area contributed by atoms with Crippen LogP contribution in [0.4, 0.5) is 0 Å². The van der Waals surface area contributed by atoms with Gasteiger partial charge in [0.05, 0.1) is 17.7 Å². The average Bonchev–Trinajstić information content (AvgIpc) is 3.49. The van der Waals surface area contributed by atoms with Crippen molar-refractivity contribution in [3.63, 3.8) is 0 Å². The van der Waals surface area contributed by atoms with E-state index in [1.165, 1.54) is 0 Å². The van der Waals surface area contributed by atoms with Gasteiger partial charge in [0.15, 0.2) is 24.1 Å². The number of allylic oxidation sites excluding steroid dienone is 1. The van der Waals surface area contributed by atoms with Gasteiger partial charge >= 0.3 is 0 Å². The van der Waals surface area contributed by atoms with Crippen LogP contribution >= 0.6 is 15.9 Å². The maximum atomic E-state index is 13.5. The van der Waals surface area contributed by atoms with Crippen LogP contribution in [0.2, 0.25) is 0 Å². The monoisotopic (exact) mass is 563 g/mol. The molecule has 8 nitrogen and oxygen atoms in total. The van der Waals surface area contributed by atoms with E-state index in [1.807, 2.05) is 43.3 Å². The molecular weight excluding hydrogens is 542 g/mol. The molecule has 4 aliphatic heterocycles. The summed E-state index contributed by atoms with van der Waals surface area (Å²) in [5.41, 5.74) is 5.03. The van der Waals surface area contributed by atoms with Gasteiger partial charge in [0.2, 0.25) is 12.6 Å². The molecule has 9 heteroatoms. The van der Waals surface area contributed by atoms with Crippen molar-refractivity contribution in [2.75, 3.05) is 20.3 Å². The van der Waals surface area contributed by atoms with E-state index in [2.05, 4.69) is 20.8 Å². The van der Waals surface area contributed by atoms with Crippen LogP contribution in [0.5, 0.6) is 28.7 Å². The molecule has 0 aliphatic carbocycles. The summed E-state index contributed by atoms with van der Waals surface area (Å²) in [7, 11) is 0. The first-order chi connectivity index (χ1) is 18.0. The number of rotatable bonds is 3. The van der Waals surface area contributed by atoms with Crippen molar-refractivity contribution >= 4 is 27.8 Å². The van der Waals surface area contributed by atoms with Crippen molar-refractivity contribution in [1.29, 1.82) is 0 Å². The number of Topliss-reactive ketones (excluding diaryl/α,β-unsaturated/α-hetero) is 1. The molecule has 0 unspecified atom stereocenters. The molecule has 188 valence electrons. The Hall–Kier alpha value is -3.53. The fraction of sp³-hybridized carbons (Fsp3) is 0.250. The molecule has 0 spiro atoms. The highest BCUT2D eigenvalue weighted by Crippen LogP contribution is 2.45. The van der Waals surface area contributed by atoms with Crippen molar-refractivity contribution < 1.29 is 33.2 Å². The molecule has 3 aromatic carbocycles. The van der Waals surface area contributed by atoms with E-state index in [0.717, 1.165) is 49.5 Å². The van der Waals surface area contributed by atoms with Gasteiger partial charge in [-0.1, -0.05) is 22.0 Å². The smallest absolute Gasteiger partial charge is 0.232 e. The minimum absolute atomic E-state index is 0.149. The second-order valence-corrected chi connectivity index (χ2v) is 10.3. The molecule has 0 amide bonds. The number of halogens is 1. The maximum absolute atomic E-state index is 13.5. The lowest BCUT2D eigenvalue weighted by Gasteiger charge is -2.30. The highest BCUT2D eigenvalue weighted by atomic mass is 79.9. The first kappa shape index (κ1) is 22.7. The first-order valence-corrected chi connectivity index (χ1v) is 12.7. The molecule has 0 bridgehead atoms. The summed E-state index contributed by atoms with van der Waals surface area (Å²) >= 11 is 3.54. The van der Waals surface area contributed by atoms with E-state index < -0.39 is 0 Å². The van der Waals surface area contributed by atoms with E-state index in [-0.39, 0.29) is 25.1 Å². The van der Waals surface area contributed by atoms with Crippen LogP contribution < -0.4 is 23.7 Å². The zero-order chi connectivity index (χ0) is 25.1. The minimum atomic E-state index is -0.149. The summed E-state index contributed by atoms with van der Waals surface area (Å²) in [5.74, 6) is 3.63. The average molecular weight is 564 g/mol. The molecule has 0 atom stereocenters. The van der Waals surface area contributed by atoms with Crippen LogP contribution in [0.1, 0.15) is 38.2 Å². The van der Waals surface area contributed by atoms with Gasteiger partial charge in [-0.15, -0.1) is 0 Å². The van der Waals surface area contributed by atoms with Gasteiger partial charge < -0.3 is 28.4 Å². The number of ether oxygens (including phenoxy) is 6. The van der Waals surface area contributed by atoms with Gasteiger partial charge in [-0.25, -0.2) is 0 Å². The first-order valence-electron chi connectivity index (χ1n) is 11.9. The van der Waals surface area contributed by atoms with Crippen molar-refractivity contribution in [3.8, 4) is 28.7 Å². The van der Waals surface area contributed by atoms with Gasteiger partial charge in [-0.05, 0) is 54.5 Å². The Kier molecular flexibility index (Phi) is 5.38. The largest absolute Gasteiger partial charge is 0.478 e. The maximum Gasteiger partial charge on any atom is 0.232 e. The van der Waals surface area contributed by atoms with E-state index in [0.29, 0.717) is 43.5 Å². The van der Waals surface area contributed by atoms with Gasteiger partial charge in [0, 0.05) is 28.7 Å². The van der Waals surface area contributed by atoms with Crippen LogP contribution in [0, 0.1) is 6.92 Å². The van der Waals surface area contributed by atoms with Crippen molar-refractivity contribution in [2.45, 2.75) is 26.6 Å². The molecular formula is C28H22BrNO7. The Morgan fingerprint density at radius 3 is 2.78 bits per heavy atom. The fourth-order valence-corrected chi connectivity index (χ4v) is 5.65. The highest BCUT2D eigenvalue weighted by Gasteiger charge is 2.36. The van der Waals surface area contributed by atoms with Crippen LogP contribution in [0.3, 0.4) is 0 Å². The number of nitrogens with zero attached hydrogens (tertiary/aromatic N) is 1. The van der Waals surface area contributed by atoms with E-state index in [1.54, 1.807) is 6.08 Å². The molecule has 4 aliphatic rings. The predicted molar refractivity (Wildman–Crippen MR) is 136 cm³/mol. The van der Waals surface area contributed by atoms with Gasteiger partial charge in [0.25, 0.3) is 0 Å². The van der Waals surface area contributed by atoms with Crippen LogP contribution in [-0.4, -0.2) is 31.0 Å². The normalized spacial score (nSPS) is 18.5. The zero-order valence-corrected chi connectivity index (χ0v) is 21.6. The Morgan fingerprint density at radius 2 is 1.86 bits per heavy atom. The number of hydrogen-bond acceptors (Lipinski definition) is 8. The number of carbonyl (C=O) groups is 1. The summed E-state index contributed by atoms with van der Waals surface area (Å²) in [6.45, 7) is 4.44. The fourth-order valence-electron chi connectivity index (χ4n) is 5.13. The van der Waals surface area contributed by atoms with Crippen molar-refractivity contribution in [1.82, 2.24) is 4.90 Å². The zero-order valence-electron chi connectivity index (χ0n) is 20.0. The topological polar surface area (TPSA) is 75.7 Å². The molecule has 0 saturated carbocycles. The number of carbonyl (C=O) groups excluding carboxylic acids is 1. The minimum Gasteiger partial charge on any atom is -0.478 e. The standard InChI is InChI=1S/C28H22BrNO7/c1-15-4-22-20(10-30(12-33-22)9-16-2-3-21-23(5-16)35-14-34-21)28-25(15)26(31)24(37-28)8-17-6-19(29)7-18-11-32-13-36-27(17)18/h2-8H,9-14H2,1H3/b24-8-. The third kappa shape index (κ3) is 3.94. The number of ketones is 1. The second kappa shape index (κ2) is 8.79. The van der Waals surface area contributed by atoms with Crippen LogP contribution in [-0.2, 0) is 24.4 Å². The number of hydrogen-bond donors (Lipinski definition) is 0. The Labute approximate surface area is 221 Å². The molecule has 0 fully saturated rings. The second-order valence-electron chi connectivity index (χ2n) is 9.36. The number of aryl methyl sites for hydroxylation is 1. The van der Waals surface area contributed by atoms with Crippen LogP contribution in [0.15, 0.2) is 46.6 Å². The van der Waals surface area contributed by atoms with Crippen molar-refractivity contribution in [2.24, 2.45) is 0 Å². The summed E-state index contributed by atoms with van der Waals surface area (Å²) < 4.78 is 35.3.